The topological polar surface area (TPSA) is 26.3 Å². The molecule has 0 saturated carbocycles. The van der Waals surface area contributed by atoms with Gasteiger partial charge in [0.25, 0.3) is 0 Å². The summed E-state index contributed by atoms with van der Waals surface area (Å²) in [5.41, 5.74) is 0.852. The lowest BCUT2D eigenvalue weighted by Gasteiger charge is -2.02. The van der Waals surface area contributed by atoms with E-state index in [1.165, 1.54) is 13.2 Å². The van der Waals surface area contributed by atoms with Gasteiger partial charge in [-0.25, -0.2) is 9.18 Å². The third kappa shape index (κ3) is 2.05. The molecule has 1 aromatic rings. The van der Waals surface area contributed by atoms with Crippen LogP contribution in [-0.2, 0) is 11.2 Å². The van der Waals surface area contributed by atoms with Gasteiger partial charge in [-0.05, 0) is 24.1 Å². The molecular formula is C10H11FO2. The van der Waals surface area contributed by atoms with Gasteiger partial charge < -0.3 is 4.74 Å². The van der Waals surface area contributed by atoms with Crippen LogP contribution in [0.4, 0.5) is 4.39 Å². The molecule has 0 aliphatic carbocycles. The number of carbonyl (C=O) groups excluding carboxylic acids is 1. The lowest BCUT2D eigenvalue weighted by Crippen LogP contribution is -2.02. The normalized spacial score (nSPS) is 9.77. The van der Waals surface area contributed by atoms with Crippen molar-refractivity contribution < 1.29 is 13.9 Å². The lowest BCUT2D eigenvalue weighted by molar-refractivity contribution is 0.0600. The fourth-order valence-corrected chi connectivity index (χ4v) is 1.08. The molecule has 0 atom stereocenters. The highest BCUT2D eigenvalue weighted by atomic mass is 19.1. The van der Waals surface area contributed by atoms with Crippen molar-refractivity contribution in [2.45, 2.75) is 13.3 Å². The predicted octanol–water partition coefficient (Wildman–Crippen LogP) is 2.17. The molecule has 13 heavy (non-hydrogen) atoms. The Bertz CT molecular complexity index is 321. The van der Waals surface area contributed by atoms with Crippen LogP contribution >= 0.6 is 0 Å². The van der Waals surface area contributed by atoms with E-state index < -0.39 is 5.97 Å². The molecule has 1 rings (SSSR count). The molecule has 2 nitrogen and oxygen atoms in total. The monoisotopic (exact) mass is 182 g/mol. The molecule has 0 aromatic heterocycles. The minimum atomic E-state index is -0.512. The third-order valence-electron chi connectivity index (χ3n) is 1.86. The van der Waals surface area contributed by atoms with Gasteiger partial charge in [0, 0.05) is 0 Å². The number of carbonyl (C=O) groups is 1. The second-order valence-corrected chi connectivity index (χ2v) is 2.65. The SMILES string of the molecule is CCc1ccc(C(=O)OC)cc1F. The maximum absolute atomic E-state index is 13.1. The average molecular weight is 182 g/mol. The molecule has 0 bridgehead atoms. The highest BCUT2D eigenvalue weighted by molar-refractivity contribution is 5.89. The third-order valence-corrected chi connectivity index (χ3v) is 1.86. The Kier molecular flexibility index (Phi) is 3.01. The van der Waals surface area contributed by atoms with Gasteiger partial charge in [-0.2, -0.15) is 0 Å². The van der Waals surface area contributed by atoms with E-state index in [1.807, 2.05) is 6.92 Å². The zero-order valence-corrected chi connectivity index (χ0v) is 7.63. The molecule has 0 aliphatic heterocycles. The first-order chi connectivity index (χ1) is 6.19. The molecule has 0 aliphatic rings. The van der Waals surface area contributed by atoms with E-state index >= 15 is 0 Å². The zero-order chi connectivity index (χ0) is 9.84. The van der Waals surface area contributed by atoms with E-state index in [-0.39, 0.29) is 11.4 Å². The molecule has 0 amide bonds. The number of methoxy groups -OCH3 is 1. The largest absolute Gasteiger partial charge is 0.465 e. The van der Waals surface area contributed by atoms with Crippen molar-refractivity contribution in [3.8, 4) is 0 Å². The van der Waals surface area contributed by atoms with Gasteiger partial charge in [-0.1, -0.05) is 13.0 Å². The summed E-state index contributed by atoms with van der Waals surface area (Å²) in [6, 6.07) is 4.36. The number of hydrogen-bond donors (Lipinski definition) is 0. The second kappa shape index (κ2) is 4.03. The highest BCUT2D eigenvalue weighted by Crippen LogP contribution is 2.11. The van der Waals surface area contributed by atoms with Crippen LogP contribution in [0.3, 0.4) is 0 Å². The van der Waals surface area contributed by atoms with E-state index in [0.717, 1.165) is 0 Å². The molecule has 0 fully saturated rings. The molecule has 0 unspecified atom stereocenters. The van der Waals surface area contributed by atoms with Crippen LogP contribution < -0.4 is 0 Å². The predicted molar refractivity (Wildman–Crippen MR) is 47.1 cm³/mol. The van der Waals surface area contributed by atoms with Crippen LogP contribution in [0.15, 0.2) is 18.2 Å². The van der Waals surface area contributed by atoms with Crippen LogP contribution in [0.25, 0.3) is 0 Å². The van der Waals surface area contributed by atoms with Crippen molar-refractivity contribution in [2.24, 2.45) is 0 Å². The van der Waals surface area contributed by atoms with Crippen LogP contribution in [0.5, 0.6) is 0 Å². The molecule has 1 aromatic carbocycles. The first-order valence-electron chi connectivity index (χ1n) is 4.05. The molecule has 0 saturated heterocycles. The van der Waals surface area contributed by atoms with Gasteiger partial charge in [0.1, 0.15) is 5.82 Å². The van der Waals surface area contributed by atoms with Gasteiger partial charge in [0.05, 0.1) is 12.7 Å². The standard InChI is InChI=1S/C10H11FO2/c1-3-7-4-5-8(6-9(7)11)10(12)13-2/h4-6H,3H2,1-2H3. The second-order valence-electron chi connectivity index (χ2n) is 2.65. The minimum absolute atomic E-state index is 0.247. The number of halogens is 1. The smallest absolute Gasteiger partial charge is 0.337 e. The molecular weight excluding hydrogens is 171 g/mol. The van der Waals surface area contributed by atoms with E-state index in [2.05, 4.69) is 4.74 Å². The van der Waals surface area contributed by atoms with Crippen LogP contribution in [-0.4, -0.2) is 13.1 Å². The van der Waals surface area contributed by atoms with Crippen molar-refractivity contribution >= 4 is 5.97 Å². The Morgan fingerprint density at radius 1 is 1.54 bits per heavy atom. The number of benzene rings is 1. The first-order valence-corrected chi connectivity index (χ1v) is 4.05. The van der Waals surface area contributed by atoms with E-state index in [0.29, 0.717) is 12.0 Å². The van der Waals surface area contributed by atoms with Crippen LogP contribution in [0.1, 0.15) is 22.8 Å². The van der Waals surface area contributed by atoms with Crippen molar-refractivity contribution in [3.05, 3.63) is 35.1 Å². The summed E-state index contributed by atoms with van der Waals surface area (Å²) in [5.74, 6) is -0.869. The highest BCUT2D eigenvalue weighted by Gasteiger charge is 2.08. The Morgan fingerprint density at radius 2 is 2.23 bits per heavy atom. The molecule has 0 radical (unpaired) electrons. The van der Waals surface area contributed by atoms with E-state index in [4.69, 9.17) is 0 Å². The summed E-state index contributed by atoms with van der Waals surface area (Å²) in [4.78, 5) is 11.0. The molecule has 0 heterocycles. The van der Waals surface area contributed by atoms with E-state index in [9.17, 15) is 9.18 Å². The maximum Gasteiger partial charge on any atom is 0.337 e. The Labute approximate surface area is 76.3 Å². The number of esters is 1. The quantitative estimate of drug-likeness (QED) is 0.655. The molecule has 3 heteroatoms. The van der Waals surface area contributed by atoms with Crippen LogP contribution in [0.2, 0.25) is 0 Å². The summed E-state index contributed by atoms with van der Waals surface area (Å²) >= 11 is 0. The summed E-state index contributed by atoms with van der Waals surface area (Å²) in [6.45, 7) is 1.86. The minimum Gasteiger partial charge on any atom is -0.465 e. The molecule has 0 spiro atoms. The first kappa shape index (κ1) is 9.71. The number of aryl methyl sites for hydroxylation is 1. The fraction of sp³-hybridized carbons (Fsp3) is 0.300. The van der Waals surface area contributed by atoms with Crippen molar-refractivity contribution in [3.63, 3.8) is 0 Å². The summed E-state index contributed by atoms with van der Waals surface area (Å²) in [7, 11) is 1.27. The van der Waals surface area contributed by atoms with Gasteiger partial charge in [-0.3, -0.25) is 0 Å². The Morgan fingerprint density at radius 3 is 2.69 bits per heavy atom. The van der Waals surface area contributed by atoms with Gasteiger partial charge in [0.15, 0.2) is 0 Å². The lowest BCUT2D eigenvalue weighted by atomic mass is 10.1. The molecule has 70 valence electrons. The molecule has 0 N–H and O–H groups in total. The number of rotatable bonds is 2. The van der Waals surface area contributed by atoms with Gasteiger partial charge >= 0.3 is 5.97 Å². The van der Waals surface area contributed by atoms with Crippen LogP contribution in [0, 0.1) is 5.82 Å². The van der Waals surface area contributed by atoms with Gasteiger partial charge in [-0.15, -0.1) is 0 Å². The van der Waals surface area contributed by atoms with E-state index in [1.54, 1.807) is 12.1 Å². The van der Waals surface area contributed by atoms with Crippen molar-refractivity contribution in [2.75, 3.05) is 7.11 Å². The summed E-state index contributed by atoms with van der Waals surface area (Å²) < 4.78 is 17.6. The van der Waals surface area contributed by atoms with Crippen molar-refractivity contribution in [1.82, 2.24) is 0 Å². The summed E-state index contributed by atoms with van der Waals surface area (Å²) in [6.07, 6.45) is 0.618. The zero-order valence-electron chi connectivity index (χ0n) is 7.63. The summed E-state index contributed by atoms with van der Waals surface area (Å²) in [5, 5.41) is 0. The van der Waals surface area contributed by atoms with Gasteiger partial charge in [0.2, 0.25) is 0 Å². The number of ether oxygens (including phenoxy) is 1. The number of hydrogen-bond acceptors (Lipinski definition) is 2. The Hall–Kier alpha value is -1.38. The maximum atomic E-state index is 13.1. The fourth-order valence-electron chi connectivity index (χ4n) is 1.08. The average Bonchev–Trinajstić information content (AvgIpc) is 2.16. The van der Waals surface area contributed by atoms with Crippen molar-refractivity contribution in [1.29, 1.82) is 0 Å². The Balaban J connectivity index is 3.02.